The lowest BCUT2D eigenvalue weighted by atomic mass is 9.74. The van der Waals surface area contributed by atoms with Crippen molar-refractivity contribution < 1.29 is 19.4 Å². The van der Waals surface area contributed by atoms with Gasteiger partial charge in [-0.15, -0.1) is 6.58 Å². The van der Waals surface area contributed by atoms with Crippen LogP contribution in [-0.4, -0.2) is 29.6 Å². The number of carboxylic acids is 1. The molecule has 1 aromatic rings. The molecule has 0 radical (unpaired) electrons. The van der Waals surface area contributed by atoms with Gasteiger partial charge in [0.05, 0.1) is 18.1 Å². The molecule has 2 saturated heterocycles. The number of carboxylic acid groups (broad SMARTS) is 1. The van der Waals surface area contributed by atoms with E-state index in [0.717, 1.165) is 5.69 Å². The minimum Gasteiger partial charge on any atom is -0.550 e. The Morgan fingerprint density at radius 3 is 2.78 bits per heavy atom. The Kier molecular flexibility index (Phi) is 2.96. The van der Waals surface area contributed by atoms with Crippen molar-refractivity contribution in [2.75, 3.05) is 4.90 Å². The van der Waals surface area contributed by atoms with Crippen LogP contribution in [0.3, 0.4) is 0 Å². The van der Waals surface area contributed by atoms with Crippen molar-refractivity contribution in [1.82, 2.24) is 0 Å². The molecule has 0 aliphatic carbocycles. The van der Waals surface area contributed by atoms with E-state index in [9.17, 15) is 14.7 Å². The van der Waals surface area contributed by atoms with Crippen molar-refractivity contribution in [2.24, 2.45) is 11.8 Å². The highest BCUT2D eigenvalue weighted by Gasteiger charge is 2.69. The fourth-order valence-electron chi connectivity index (χ4n) is 4.26. The van der Waals surface area contributed by atoms with Crippen LogP contribution in [0, 0.1) is 11.8 Å². The topological polar surface area (TPSA) is 69.7 Å². The minimum atomic E-state index is -1.23. The monoisotopic (exact) mass is 310 g/mol. The van der Waals surface area contributed by atoms with E-state index in [2.05, 4.69) is 6.58 Å². The Labute approximate surface area is 133 Å². The van der Waals surface area contributed by atoms with Crippen LogP contribution in [0.5, 0.6) is 0 Å². The second-order valence-electron chi connectivity index (χ2n) is 6.20. The van der Waals surface area contributed by atoms with Gasteiger partial charge in [0.15, 0.2) is 0 Å². The zero-order valence-electron chi connectivity index (χ0n) is 12.4. The fraction of sp³-hybridized carbons (Fsp3) is 0.333. The molecule has 3 heterocycles. The molecule has 5 heteroatoms. The van der Waals surface area contributed by atoms with Crippen molar-refractivity contribution in [3.8, 4) is 0 Å². The summed E-state index contributed by atoms with van der Waals surface area (Å²) in [6.45, 7) is 3.78. The highest BCUT2D eigenvalue weighted by molar-refractivity contribution is 6.03. The highest BCUT2D eigenvalue weighted by atomic mass is 16.5. The third kappa shape index (κ3) is 1.71. The standard InChI is InChI=1S/C18H17NO4/c1-2-6-13-18-10-9-12(23-18)14(17(21)22)15(18)16(20)19(13)11-7-4-3-5-8-11/h2-5,7-10,12-15H,1,6H2,(H,21,22)/p-1/t12-,13-,14+,15+,18-/m1/s1. The number of nitrogens with zero attached hydrogens (tertiary/aromatic N) is 1. The molecule has 0 unspecified atom stereocenters. The van der Waals surface area contributed by atoms with E-state index in [4.69, 9.17) is 4.74 Å². The second kappa shape index (κ2) is 4.80. The zero-order valence-corrected chi connectivity index (χ0v) is 12.4. The lowest BCUT2D eigenvalue weighted by Gasteiger charge is -2.32. The molecule has 4 rings (SSSR count). The van der Waals surface area contributed by atoms with Gasteiger partial charge in [-0.1, -0.05) is 36.4 Å². The number of carbonyl (C=O) groups is 2. The third-order valence-electron chi connectivity index (χ3n) is 5.12. The lowest BCUT2D eigenvalue weighted by molar-refractivity contribution is -0.313. The molecule has 5 nitrogen and oxygen atoms in total. The first-order chi connectivity index (χ1) is 11.1. The number of fused-ring (bicyclic) bond motifs is 1. The summed E-state index contributed by atoms with van der Waals surface area (Å²) in [7, 11) is 0. The van der Waals surface area contributed by atoms with Crippen LogP contribution >= 0.6 is 0 Å². The van der Waals surface area contributed by atoms with Gasteiger partial charge in [-0.3, -0.25) is 4.79 Å². The maximum absolute atomic E-state index is 13.1. The van der Waals surface area contributed by atoms with E-state index < -0.39 is 29.5 Å². The fourth-order valence-corrected chi connectivity index (χ4v) is 4.26. The number of rotatable bonds is 4. The predicted molar refractivity (Wildman–Crippen MR) is 81.3 cm³/mol. The van der Waals surface area contributed by atoms with Gasteiger partial charge >= 0.3 is 0 Å². The first kappa shape index (κ1) is 14.2. The van der Waals surface area contributed by atoms with Crippen molar-refractivity contribution in [3.63, 3.8) is 0 Å². The minimum absolute atomic E-state index is 0.218. The Morgan fingerprint density at radius 2 is 2.13 bits per heavy atom. The molecule has 23 heavy (non-hydrogen) atoms. The van der Waals surface area contributed by atoms with Crippen LogP contribution in [0.2, 0.25) is 0 Å². The number of para-hydroxylation sites is 1. The number of hydrogen-bond donors (Lipinski definition) is 0. The van der Waals surface area contributed by atoms with E-state index in [1.165, 1.54) is 0 Å². The molecule has 1 aromatic carbocycles. The van der Waals surface area contributed by atoms with Gasteiger partial charge < -0.3 is 19.5 Å². The van der Waals surface area contributed by atoms with E-state index in [0.29, 0.717) is 6.42 Å². The molecule has 1 amide bonds. The molecule has 2 fully saturated rings. The average Bonchev–Trinajstić information content (AvgIpc) is 3.18. The summed E-state index contributed by atoms with van der Waals surface area (Å²) in [5.74, 6) is -3.13. The molecule has 2 bridgehead atoms. The van der Waals surface area contributed by atoms with Crippen molar-refractivity contribution >= 4 is 17.6 Å². The smallest absolute Gasteiger partial charge is 0.234 e. The van der Waals surface area contributed by atoms with Crippen LogP contribution in [0.25, 0.3) is 0 Å². The summed E-state index contributed by atoms with van der Waals surface area (Å²) in [5.41, 5.74) is -0.165. The zero-order chi connectivity index (χ0) is 16.2. The van der Waals surface area contributed by atoms with Gasteiger partial charge in [0.2, 0.25) is 5.91 Å². The predicted octanol–water partition coefficient (Wildman–Crippen LogP) is 0.668. The number of anilines is 1. The molecule has 3 aliphatic rings. The van der Waals surface area contributed by atoms with E-state index >= 15 is 0 Å². The Hall–Kier alpha value is -2.40. The SMILES string of the molecule is C=CC[C@H]1N(c2ccccc2)C(=O)[C@@H]2[C@@H](C(=O)[O-])[C@H]3C=C[C@]21O3. The Morgan fingerprint density at radius 1 is 1.39 bits per heavy atom. The number of amides is 1. The molecular formula is C18H16NO4-. The van der Waals surface area contributed by atoms with Crippen LogP contribution in [0.1, 0.15) is 6.42 Å². The van der Waals surface area contributed by atoms with Crippen molar-refractivity contribution in [2.45, 2.75) is 24.2 Å². The third-order valence-corrected chi connectivity index (χ3v) is 5.12. The van der Waals surface area contributed by atoms with E-state index in [-0.39, 0.29) is 11.9 Å². The molecular weight excluding hydrogens is 294 g/mol. The van der Waals surface area contributed by atoms with Crippen LogP contribution in [0.15, 0.2) is 55.1 Å². The largest absolute Gasteiger partial charge is 0.550 e. The summed E-state index contributed by atoms with van der Waals surface area (Å²) in [6.07, 6.45) is 5.28. The van der Waals surface area contributed by atoms with E-state index in [1.54, 1.807) is 17.1 Å². The average molecular weight is 310 g/mol. The first-order valence-corrected chi connectivity index (χ1v) is 7.67. The summed E-state index contributed by atoms with van der Waals surface area (Å²) in [5, 5.41) is 11.6. The van der Waals surface area contributed by atoms with Crippen molar-refractivity contribution in [3.05, 3.63) is 55.1 Å². The number of ether oxygens (including phenoxy) is 1. The molecule has 0 saturated carbocycles. The number of carbonyl (C=O) groups excluding carboxylic acids is 2. The lowest BCUT2D eigenvalue weighted by Crippen LogP contribution is -2.46. The molecule has 0 aromatic heterocycles. The summed E-state index contributed by atoms with van der Waals surface area (Å²) >= 11 is 0. The Bertz CT molecular complexity index is 713. The summed E-state index contributed by atoms with van der Waals surface area (Å²) in [4.78, 5) is 26.3. The number of benzene rings is 1. The van der Waals surface area contributed by atoms with Gasteiger partial charge in [0, 0.05) is 17.6 Å². The maximum atomic E-state index is 13.1. The molecule has 0 N–H and O–H groups in total. The first-order valence-electron chi connectivity index (χ1n) is 7.67. The van der Waals surface area contributed by atoms with Gasteiger partial charge in [-0.25, -0.2) is 0 Å². The molecule has 3 aliphatic heterocycles. The quantitative estimate of drug-likeness (QED) is 0.766. The molecule has 1 spiro atoms. The van der Waals surface area contributed by atoms with Gasteiger partial charge in [0.1, 0.15) is 5.60 Å². The van der Waals surface area contributed by atoms with Crippen LogP contribution in [-0.2, 0) is 14.3 Å². The second-order valence-corrected chi connectivity index (χ2v) is 6.20. The summed E-state index contributed by atoms with van der Waals surface area (Å²) in [6, 6.07) is 8.96. The van der Waals surface area contributed by atoms with Gasteiger partial charge in [0.25, 0.3) is 0 Å². The number of aliphatic carboxylic acids is 1. The van der Waals surface area contributed by atoms with Gasteiger partial charge in [-0.05, 0) is 18.6 Å². The van der Waals surface area contributed by atoms with Crippen LogP contribution < -0.4 is 10.0 Å². The van der Waals surface area contributed by atoms with Gasteiger partial charge in [-0.2, -0.15) is 0 Å². The highest BCUT2D eigenvalue weighted by Crippen LogP contribution is 2.56. The maximum Gasteiger partial charge on any atom is 0.234 e. The normalized spacial score (nSPS) is 37.2. The summed E-state index contributed by atoms with van der Waals surface area (Å²) < 4.78 is 6.00. The van der Waals surface area contributed by atoms with E-state index in [1.807, 2.05) is 36.4 Å². The molecule has 118 valence electrons. The van der Waals surface area contributed by atoms with Crippen LogP contribution in [0.4, 0.5) is 5.69 Å². The number of hydrogen-bond acceptors (Lipinski definition) is 4. The molecule has 5 atom stereocenters. The van der Waals surface area contributed by atoms with Crippen molar-refractivity contribution in [1.29, 1.82) is 0 Å². The Balaban J connectivity index is 1.85.